The van der Waals surface area contributed by atoms with Crippen molar-refractivity contribution in [1.82, 2.24) is 4.72 Å². The van der Waals surface area contributed by atoms with E-state index in [1.807, 2.05) is 0 Å². The Morgan fingerprint density at radius 1 is 1.36 bits per heavy atom. The number of rotatable bonds is 3. The van der Waals surface area contributed by atoms with E-state index in [1.165, 1.54) is 37.8 Å². The van der Waals surface area contributed by atoms with E-state index >= 15 is 0 Å². The lowest BCUT2D eigenvalue weighted by Gasteiger charge is -2.22. The van der Waals surface area contributed by atoms with Crippen molar-refractivity contribution in [2.24, 2.45) is 5.92 Å². The summed E-state index contributed by atoms with van der Waals surface area (Å²) in [6.45, 7) is 2.27. The molecule has 2 aliphatic rings. The fourth-order valence-corrected chi connectivity index (χ4v) is 3.85. The van der Waals surface area contributed by atoms with Crippen LogP contribution < -0.4 is 9.03 Å². The number of phenols is 1. The predicted octanol–water partition coefficient (Wildman–Crippen LogP) is 1.81. The highest BCUT2D eigenvalue weighted by Gasteiger charge is 2.36. The van der Waals surface area contributed by atoms with Gasteiger partial charge < -0.3 is 9.90 Å². The Morgan fingerprint density at radius 3 is 2.45 bits per heavy atom. The van der Waals surface area contributed by atoms with E-state index in [0.29, 0.717) is 6.29 Å². The highest BCUT2D eigenvalue weighted by molar-refractivity contribution is 7.91. The molecule has 1 saturated heterocycles. The Labute approximate surface area is 131 Å². The van der Waals surface area contributed by atoms with Crippen LogP contribution in [0, 0.1) is 5.92 Å². The van der Waals surface area contributed by atoms with Crippen LogP contribution in [-0.2, 0) is 15.0 Å². The fraction of sp³-hybridized carbons (Fsp3) is 0.533. The number of para-hydroxylation sites is 2. The third kappa shape index (κ3) is 3.78. The minimum absolute atomic E-state index is 0.0105. The molecule has 1 unspecified atom stereocenters. The van der Waals surface area contributed by atoms with Crippen LogP contribution in [0.3, 0.4) is 0 Å². The van der Waals surface area contributed by atoms with Crippen molar-refractivity contribution < 1.29 is 18.3 Å². The van der Waals surface area contributed by atoms with E-state index in [2.05, 4.69) is 11.6 Å². The second-order valence-corrected chi connectivity index (χ2v) is 7.22. The first-order valence-corrected chi connectivity index (χ1v) is 8.95. The Hall–Kier alpha value is -1.60. The molecule has 1 aliphatic carbocycles. The van der Waals surface area contributed by atoms with Gasteiger partial charge in [0, 0.05) is 0 Å². The summed E-state index contributed by atoms with van der Waals surface area (Å²) in [6.07, 6.45) is 6.46. The van der Waals surface area contributed by atoms with Crippen LogP contribution in [0.2, 0.25) is 0 Å². The number of nitrogens with one attached hydrogen (secondary N) is 1. The van der Waals surface area contributed by atoms with Gasteiger partial charge in [-0.25, -0.2) is 0 Å². The van der Waals surface area contributed by atoms with Crippen LogP contribution in [-0.4, -0.2) is 32.4 Å². The number of benzene rings is 1. The van der Waals surface area contributed by atoms with Gasteiger partial charge in [-0.3, -0.25) is 4.31 Å². The third-order valence-corrected chi connectivity index (χ3v) is 5.60. The van der Waals surface area contributed by atoms with Crippen LogP contribution in [0.25, 0.3) is 0 Å². The highest BCUT2D eigenvalue weighted by Crippen LogP contribution is 2.30. The van der Waals surface area contributed by atoms with Gasteiger partial charge >= 0.3 is 10.2 Å². The Morgan fingerprint density at radius 2 is 2.05 bits per heavy atom. The van der Waals surface area contributed by atoms with Crippen LogP contribution in [0.5, 0.6) is 5.75 Å². The molecule has 1 atom stereocenters. The van der Waals surface area contributed by atoms with E-state index in [-0.39, 0.29) is 18.0 Å². The summed E-state index contributed by atoms with van der Waals surface area (Å²) in [5.41, 5.74) is 0.166. The minimum atomic E-state index is -3.73. The van der Waals surface area contributed by atoms with Crippen molar-refractivity contribution >= 4 is 22.2 Å². The lowest BCUT2D eigenvalue weighted by Crippen LogP contribution is -2.30. The van der Waals surface area contributed by atoms with Crippen LogP contribution in [0.15, 0.2) is 24.3 Å². The highest BCUT2D eigenvalue weighted by atomic mass is 32.2. The smallest absolute Gasteiger partial charge is 0.302 e. The largest absolute Gasteiger partial charge is 0.506 e. The molecule has 3 rings (SSSR count). The maximum Gasteiger partial charge on any atom is 0.302 e. The average molecular weight is 326 g/mol. The normalized spacial score (nSPS) is 23.3. The van der Waals surface area contributed by atoms with Gasteiger partial charge in [-0.1, -0.05) is 44.7 Å². The number of hydrogen-bond donors (Lipinski definition) is 2. The zero-order valence-corrected chi connectivity index (χ0v) is 13.4. The molecular formula is C15H22N2O4S. The molecule has 0 spiro atoms. The molecule has 122 valence electrons. The number of aldehydes is 1. The zero-order chi connectivity index (χ0) is 16.2. The third-order valence-electron chi connectivity index (χ3n) is 4.07. The molecule has 0 aromatic heterocycles. The molecule has 1 heterocycles. The Balaban J connectivity index is 0.000000246. The molecule has 1 aliphatic heterocycles. The van der Waals surface area contributed by atoms with Crippen molar-refractivity contribution in [3.63, 3.8) is 0 Å². The molecule has 1 saturated carbocycles. The first kappa shape index (κ1) is 16.8. The number of phenolic OH excluding ortho intramolecular Hbond substituents is 1. The number of nitrogens with zero attached hydrogens (tertiary/aromatic N) is 1. The predicted molar refractivity (Wildman–Crippen MR) is 85.0 cm³/mol. The van der Waals surface area contributed by atoms with E-state index in [4.69, 9.17) is 0 Å². The Bertz CT molecular complexity index is 611. The maximum atomic E-state index is 11.6. The number of anilines is 1. The van der Waals surface area contributed by atoms with Crippen molar-refractivity contribution in [1.29, 1.82) is 0 Å². The second kappa shape index (κ2) is 7.11. The number of carbonyl (C=O) groups is 1. The molecule has 1 aromatic carbocycles. The molecule has 2 N–H and O–H groups in total. The molecule has 0 radical (unpaired) electrons. The Kier molecular flexibility index (Phi) is 5.42. The van der Waals surface area contributed by atoms with Gasteiger partial charge in [0.05, 0.1) is 18.3 Å². The van der Waals surface area contributed by atoms with E-state index in [0.717, 1.165) is 10.2 Å². The zero-order valence-electron chi connectivity index (χ0n) is 12.6. The molecule has 2 fully saturated rings. The summed E-state index contributed by atoms with van der Waals surface area (Å²) in [7, 11) is -3.73. The van der Waals surface area contributed by atoms with Gasteiger partial charge in [-0.2, -0.15) is 13.1 Å². The lowest BCUT2D eigenvalue weighted by molar-refractivity contribution is -0.108. The van der Waals surface area contributed by atoms with Gasteiger partial charge in [0.1, 0.15) is 12.0 Å². The van der Waals surface area contributed by atoms with E-state index < -0.39 is 16.3 Å². The van der Waals surface area contributed by atoms with Gasteiger partial charge in [0.15, 0.2) is 0 Å². The van der Waals surface area contributed by atoms with Gasteiger partial charge in [0.25, 0.3) is 0 Å². The maximum absolute atomic E-state index is 11.6. The molecule has 0 bridgehead atoms. The summed E-state index contributed by atoms with van der Waals surface area (Å²) in [5, 5.41) is 9.54. The minimum Gasteiger partial charge on any atom is -0.506 e. The van der Waals surface area contributed by atoms with Crippen molar-refractivity contribution in [3.8, 4) is 5.75 Å². The molecule has 22 heavy (non-hydrogen) atoms. The number of hydrogen-bond acceptors (Lipinski definition) is 4. The fourth-order valence-electron chi connectivity index (χ4n) is 2.44. The van der Waals surface area contributed by atoms with E-state index in [1.54, 1.807) is 12.1 Å². The van der Waals surface area contributed by atoms with Crippen molar-refractivity contribution in [3.05, 3.63) is 24.3 Å². The molecule has 7 heteroatoms. The summed E-state index contributed by atoms with van der Waals surface area (Å²) in [4.78, 5) is 10.5. The summed E-state index contributed by atoms with van der Waals surface area (Å²) < 4.78 is 26.4. The number of aromatic hydroxyl groups is 1. The standard InChI is InChI=1S/C9H10N2O4S.C6H12/c12-6-7-5-11(16(14,15)10-7)8-3-1-2-4-9(8)13;1-2-6-4-3-5-6/h1-4,6-7,10,13H,5H2;6H,2-5H2,1H3. The van der Waals surface area contributed by atoms with Gasteiger partial charge in [-0.15, -0.1) is 0 Å². The quantitative estimate of drug-likeness (QED) is 0.829. The average Bonchev–Trinajstić information content (AvgIpc) is 2.74. The van der Waals surface area contributed by atoms with Crippen LogP contribution in [0.4, 0.5) is 5.69 Å². The van der Waals surface area contributed by atoms with Crippen LogP contribution >= 0.6 is 0 Å². The summed E-state index contributed by atoms with van der Waals surface area (Å²) >= 11 is 0. The van der Waals surface area contributed by atoms with Crippen LogP contribution in [0.1, 0.15) is 32.6 Å². The van der Waals surface area contributed by atoms with E-state index in [9.17, 15) is 18.3 Å². The second-order valence-electron chi connectivity index (χ2n) is 5.59. The summed E-state index contributed by atoms with van der Waals surface area (Å²) in [5.74, 6) is 0.976. The molecule has 0 amide bonds. The van der Waals surface area contributed by atoms with Crippen molar-refractivity contribution in [2.45, 2.75) is 38.6 Å². The lowest BCUT2D eigenvalue weighted by atomic mass is 9.84. The van der Waals surface area contributed by atoms with Gasteiger partial charge in [-0.05, 0) is 18.1 Å². The first-order chi connectivity index (χ1) is 10.5. The molecule has 6 nitrogen and oxygen atoms in total. The van der Waals surface area contributed by atoms with Gasteiger partial charge in [0.2, 0.25) is 0 Å². The topological polar surface area (TPSA) is 86.7 Å². The molecular weight excluding hydrogens is 304 g/mol. The van der Waals surface area contributed by atoms with Crippen molar-refractivity contribution in [2.75, 3.05) is 10.8 Å². The SMILES string of the molecule is CCC1CCC1.O=CC1CN(c2ccccc2O)S(=O)(=O)N1. The first-order valence-electron chi connectivity index (χ1n) is 7.51. The monoisotopic (exact) mass is 326 g/mol. The summed E-state index contributed by atoms with van der Waals surface area (Å²) in [6, 6.07) is 5.29. The molecule has 1 aromatic rings. The number of carbonyl (C=O) groups excluding carboxylic acids is 1.